The molecule has 0 fully saturated rings. The first-order valence-corrected chi connectivity index (χ1v) is 5.51. The Morgan fingerprint density at radius 2 is 1.81 bits per heavy atom. The average molecular weight is 280 g/mol. The molecule has 0 unspecified atom stereocenters. The van der Waals surface area contributed by atoms with Crippen LogP contribution in [0.3, 0.4) is 0 Å². The summed E-state index contributed by atoms with van der Waals surface area (Å²) in [5.74, 6) is 1.98. The maximum absolute atomic E-state index is 5.56. The van der Waals surface area contributed by atoms with Gasteiger partial charge < -0.3 is 9.47 Å². The number of rotatable bonds is 3. The van der Waals surface area contributed by atoms with Crippen molar-refractivity contribution in [1.29, 1.82) is 0 Å². The van der Waals surface area contributed by atoms with Crippen LogP contribution in [0.1, 0.15) is 0 Å². The lowest BCUT2D eigenvalue weighted by atomic mass is 10.3. The number of ether oxygens (including phenoxy) is 2. The van der Waals surface area contributed by atoms with Crippen molar-refractivity contribution in [3.05, 3.63) is 47.1 Å². The summed E-state index contributed by atoms with van der Waals surface area (Å²) in [6.45, 7) is 0. The van der Waals surface area contributed by atoms with Crippen LogP contribution < -0.4 is 9.47 Å². The molecule has 82 valence electrons. The van der Waals surface area contributed by atoms with Gasteiger partial charge in [-0.05, 0) is 30.3 Å². The van der Waals surface area contributed by atoms with Crippen LogP contribution in [0.5, 0.6) is 17.4 Å². The fourth-order valence-corrected chi connectivity index (χ4v) is 1.46. The fraction of sp³-hybridized carbons (Fsp3) is 0.0833. The van der Waals surface area contributed by atoms with E-state index in [0.717, 1.165) is 16.0 Å². The normalized spacial score (nSPS) is 9.88. The van der Waals surface area contributed by atoms with Gasteiger partial charge in [0.25, 0.3) is 0 Å². The van der Waals surface area contributed by atoms with Gasteiger partial charge in [0.15, 0.2) is 0 Å². The standard InChI is InChI=1S/C12H10BrNO2/c1-15-11-6-7-14-12(8-11)16-10-4-2-9(13)3-5-10/h2-8H,1H3. The van der Waals surface area contributed by atoms with Gasteiger partial charge in [-0.2, -0.15) is 0 Å². The molecule has 0 amide bonds. The van der Waals surface area contributed by atoms with E-state index in [9.17, 15) is 0 Å². The molecule has 0 N–H and O–H groups in total. The Balaban J connectivity index is 2.16. The van der Waals surface area contributed by atoms with Crippen LogP contribution in [0.4, 0.5) is 0 Å². The SMILES string of the molecule is COc1ccnc(Oc2ccc(Br)cc2)c1. The second kappa shape index (κ2) is 4.99. The number of benzene rings is 1. The first-order valence-electron chi connectivity index (χ1n) is 4.71. The lowest BCUT2D eigenvalue weighted by Crippen LogP contribution is -1.89. The highest BCUT2D eigenvalue weighted by molar-refractivity contribution is 9.10. The molecule has 0 aliphatic rings. The first kappa shape index (κ1) is 11.0. The molecule has 0 spiro atoms. The molecular formula is C12H10BrNO2. The van der Waals surface area contributed by atoms with Crippen molar-refractivity contribution < 1.29 is 9.47 Å². The molecule has 0 saturated carbocycles. The molecule has 0 aliphatic carbocycles. The minimum Gasteiger partial charge on any atom is -0.497 e. The summed E-state index contributed by atoms with van der Waals surface area (Å²) in [6.07, 6.45) is 1.65. The van der Waals surface area contributed by atoms with Gasteiger partial charge in [0.1, 0.15) is 11.5 Å². The second-order valence-electron chi connectivity index (χ2n) is 3.09. The van der Waals surface area contributed by atoms with Crippen LogP contribution in [-0.2, 0) is 0 Å². The summed E-state index contributed by atoms with van der Waals surface area (Å²) in [5, 5.41) is 0. The van der Waals surface area contributed by atoms with E-state index in [2.05, 4.69) is 20.9 Å². The van der Waals surface area contributed by atoms with E-state index in [1.165, 1.54) is 0 Å². The van der Waals surface area contributed by atoms with E-state index >= 15 is 0 Å². The fourth-order valence-electron chi connectivity index (χ4n) is 1.20. The minimum atomic E-state index is 0.515. The molecule has 0 atom stereocenters. The molecule has 0 bridgehead atoms. The van der Waals surface area contributed by atoms with Crippen molar-refractivity contribution in [2.75, 3.05) is 7.11 Å². The van der Waals surface area contributed by atoms with Crippen molar-refractivity contribution in [1.82, 2.24) is 4.98 Å². The zero-order valence-electron chi connectivity index (χ0n) is 8.68. The van der Waals surface area contributed by atoms with Crippen LogP contribution in [0.15, 0.2) is 47.1 Å². The van der Waals surface area contributed by atoms with E-state index in [1.807, 2.05) is 24.3 Å². The van der Waals surface area contributed by atoms with Gasteiger partial charge in [-0.15, -0.1) is 0 Å². The average Bonchev–Trinajstić information content (AvgIpc) is 2.32. The van der Waals surface area contributed by atoms with Gasteiger partial charge in [-0.1, -0.05) is 15.9 Å². The van der Waals surface area contributed by atoms with Gasteiger partial charge in [-0.25, -0.2) is 4.98 Å². The molecular weight excluding hydrogens is 270 g/mol. The Bertz CT molecular complexity index is 471. The molecule has 2 rings (SSSR count). The Labute approximate surface area is 102 Å². The number of hydrogen-bond donors (Lipinski definition) is 0. The molecule has 1 aromatic heterocycles. The predicted molar refractivity (Wildman–Crippen MR) is 65.0 cm³/mol. The van der Waals surface area contributed by atoms with Crippen LogP contribution in [0, 0.1) is 0 Å². The minimum absolute atomic E-state index is 0.515. The number of halogens is 1. The number of nitrogens with zero attached hydrogens (tertiary/aromatic N) is 1. The smallest absolute Gasteiger partial charge is 0.222 e. The third kappa shape index (κ3) is 2.73. The summed E-state index contributed by atoms with van der Waals surface area (Å²) in [4.78, 5) is 4.09. The van der Waals surface area contributed by atoms with Crippen molar-refractivity contribution in [3.63, 3.8) is 0 Å². The van der Waals surface area contributed by atoms with E-state index < -0.39 is 0 Å². The molecule has 0 aliphatic heterocycles. The van der Waals surface area contributed by atoms with Gasteiger partial charge >= 0.3 is 0 Å². The van der Waals surface area contributed by atoms with Crippen LogP contribution in [0.2, 0.25) is 0 Å². The summed E-state index contributed by atoms with van der Waals surface area (Å²) < 4.78 is 11.7. The Morgan fingerprint density at radius 3 is 2.50 bits per heavy atom. The highest BCUT2D eigenvalue weighted by Gasteiger charge is 2.00. The first-order chi connectivity index (χ1) is 7.78. The topological polar surface area (TPSA) is 31.4 Å². The largest absolute Gasteiger partial charge is 0.497 e. The highest BCUT2D eigenvalue weighted by atomic mass is 79.9. The molecule has 0 saturated heterocycles. The van der Waals surface area contributed by atoms with Gasteiger partial charge in [-0.3, -0.25) is 0 Å². The van der Waals surface area contributed by atoms with Crippen molar-refractivity contribution in [2.45, 2.75) is 0 Å². The molecule has 1 aromatic carbocycles. The third-order valence-corrected chi connectivity index (χ3v) is 2.51. The maximum Gasteiger partial charge on any atom is 0.222 e. The van der Waals surface area contributed by atoms with Gasteiger partial charge in [0, 0.05) is 16.7 Å². The maximum atomic E-state index is 5.56. The summed E-state index contributed by atoms with van der Waals surface area (Å²) in [6, 6.07) is 11.1. The molecule has 3 nitrogen and oxygen atoms in total. The Morgan fingerprint density at radius 1 is 1.06 bits per heavy atom. The van der Waals surface area contributed by atoms with Crippen molar-refractivity contribution in [3.8, 4) is 17.4 Å². The lowest BCUT2D eigenvalue weighted by molar-refractivity contribution is 0.405. The molecule has 1 heterocycles. The van der Waals surface area contributed by atoms with E-state index in [1.54, 1.807) is 25.4 Å². The van der Waals surface area contributed by atoms with Crippen LogP contribution >= 0.6 is 15.9 Å². The second-order valence-corrected chi connectivity index (χ2v) is 4.01. The monoisotopic (exact) mass is 279 g/mol. The number of aromatic nitrogens is 1. The number of methoxy groups -OCH3 is 1. The zero-order valence-corrected chi connectivity index (χ0v) is 10.3. The Kier molecular flexibility index (Phi) is 3.41. The number of pyridine rings is 1. The summed E-state index contributed by atoms with van der Waals surface area (Å²) in [5.41, 5.74) is 0. The molecule has 0 radical (unpaired) electrons. The summed E-state index contributed by atoms with van der Waals surface area (Å²) in [7, 11) is 1.61. The lowest BCUT2D eigenvalue weighted by Gasteiger charge is -2.05. The van der Waals surface area contributed by atoms with Gasteiger partial charge in [0.05, 0.1) is 7.11 Å². The van der Waals surface area contributed by atoms with Crippen LogP contribution in [-0.4, -0.2) is 12.1 Å². The quantitative estimate of drug-likeness (QED) is 0.860. The van der Waals surface area contributed by atoms with Crippen molar-refractivity contribution in [2.24, 2.45) is 0 Å². The summed E-state index contributed by atoms with van der Waals surface area (Å²) >= 11 is 3.36. The third-order valence-electron chi connectivity index (χ3n) is 1.98. The molecule has 2 aromatic rings. The number of hydrogen-bond acceptors (Lipinski definition) is 3. The van der Waals surface area contributed by atoms with E-state index in [0.29, 0.717) is 5.88 Å². The predicted octanol–water partition coefficient (Wildman–Crippen LogP) is 3.65. The van der Waals surface area contributed by atoms with Gasteiger partial charge in [0.2, 0.25) is 5.88 Å². The van der Waals surface area contributed by atoms with E-state index in [4.69, 9.17) is 9.47 Å². The van der Waals surface area contributed by atoms with Crippen LogP contribution in [0.25, 0.3) is 0 Å². The molecule has 4 heteroatoms. The van der Waals surface area contributed by atoms with Crippen molar-refractivity contribution >= 4 is 15.9 Å². The molecule has 16 heavy (non-hydrogen) atoms. The highest BCUT2D eigenvalue weighted by Crippen LogP contribution is 2.23. The Hall–Kier alpha value is -1.55. The van der Waals surface area contributed by atoms with E-state index in [-0.39, 0.29) is 0 Å². The zero-order chi connectivity index (χ0) is 11.4.